The lowest BCUT2D eigenvalue weighted by atomic mass is 10.1. The van der Waals surface area contributed by atoms with Crippen molar-refractivity contribution in [3.8, 4) is 0 Å². The zero-order valence-electron chi connectivity index (χ0n) is 9.00. The van der Waals surface area contributed by atoms with Crippen LogP contribution in [-0.2, 0) is 0 Å². The fraction of sp³-hybridized carbons (Fsp3) is 0.455. The molecule has 84 valence electrons. The Kier molecular flexibility index (Phi) is 4.66. The molecule has 0 aliphatic rings. The number of anilines is 2. The third-order valence-electron chi connectivity index (χ3n) is 2.28. The van der Waals surface area contributed by atoms with Gasteiger partial charge in [0.1, 0.15) is 0 Å². The van der Waals surface area contributed by atoms with E-state index in [9.17, 15) is 5.11 Å². The molecular formula is C11H17IN2O. The van der Waals surface area contributed by atoms with Crippen LogP contribution < -0.4 is 11.1 Å². The number of hydrogen-bond acceptors (Lipinski definition) is 3. The Morgan fingerprint density at radius 1 is 1.47 bits per heavy atom. The highest BCUT2D eigenvalue weighted by Crippen LogP contribution is 2.20. The maximum atomic E-state index is 9.63. The summed E-state index contributed by atoms with van der Waals surface area (Å²) < 4.78 is 1.11. The minimum Gasteiger partial charge on any atom is -0.397 e. The van der Waals surface area contributed by atoms with Gasteiger partial charge in [0.2, 0.25) is 0 Å². The van der Waals surface area contributed by atoms with Gasteiger partial charge in [-0.1, -0.05) is 13.8 Å². The number of hydrogen-bond donors (Lipinski definition) is 3. The molecule has 0 heterocycles. The molecule has 0 saturated heterocycles. The van der Waals surface area contributed by atoms with Gasteiger partial charge >= 0.3 is 0 Å². The summed E-state index contributed by atoms with van der Waals surface area (Å²) in [5, 5.41) is 12.8. The van der Waals surface area contributed by atoms with Gasteiger partial charge in [0.25, 0.3) is 0 Å². The van der Waals surface area contributed by atoms with E-state index in [2.05, 4.69) is 27.9 Å². The maximum Gasteiger partial charge on any atom is 0.0735 e. The Balaban J connectivity index is 2.58. The summed E-state index contributed by atoms with van der Waals surface area (Å²) in [5.74, 6) is 0.252. The first-order valence-corrected chi connectivity index (χ1v) is 6.05. The Morgan fingerprint density at radius 3 is 2.67 bits per heavy atom. The molecule has 4 heteroatoms. The van der Waals surface area contributed by atoms with Crippen LogP contribution in [0.25, 0.3) is 0 Å². The van der Waals surface area contributed by atoms with E-state index in [0.29, 0.717) is 6.54 Å². The van der Waals surface area contributed by atoms with Crippen LogP contribution in [0.2, 0.25) is 0 Å². The number of halogens is 1. The molecule has 0 aliphatic carbocycles. The van der Waals surface area contributed by atoms with E-state index in [4.69, 9.17) is 5.73 Å². The van der Waals surface area contributed by atoms with Gasteiger partial charge in [0.15, 0.2) is 0 Å². The van der Waals surface area contributed by atoms with Crippen molar-refractivity contribution < 1.29 is 5.11 Å². The monoisotopic (exact) mass is 320 g/mol. The van der Waals surface area contributed by atoms with Crippen LogP contribution in [0.1, 0.15) is 13.8 Å². The summed E-state index contributed by atoms with van der Waals surface area (Å²) in [7, 11) is 0. The van der Waals surface area contributed by atoms with Gasteiger partial charge < -0.3 is 16.2 Å². The van der Waals surface area contributed by atoms with E-state index >= 15 is 0 Å². The van der Waals surface area contributed by atoms with Gasteiger partial charge in [-0.3, -0.25) is 0 Å². The third-order valence-corrected chi connectivity index (χ3v) is 2.96. The molecule has 1 aromatic carbocycles. The van der Waals surface area contributed by atoms with Gasteiger partial charge in [-0.25, -0.2) is 0 Å². The van der Waals surface area contributed by atoms with E-state index in [-0.39, 0.29) is 12.0 Å². The van der Waals surface area contributed by atoms with Gasteiger partial charge in [-0.2, -0.15) is 0 Å². The molecule has 0 radical (unpaired) electrons. The standard InChI is InChI=1S/C11H17IN2O/c1-7(2)11(15)6-14-10-4-3-8(12)5-9(10)13/h3-5,7,11,14-15H,6,13H2,1-2H3. The Bertz CT molecular complexity index is 328. The molecule has 0 fully saturated rings. The fourth-order valence-electron chi connectivity index (χ4n) is 1.14. The molecule has 4 N–H and O–H groups in total. The van der Waals surface area contributed by atoms with Gasteiger partial charge in [-0.15, -0.1) is 0 Å². The number of aliphatic hydroxyl groups is 1. The van der Waals surface area contributed by atoms with Crippen LogP contribution >= 0.6 is 22.6 Å². The topological polar surface area (TPSA) is 58.3 Å². The highest BCUT2D eigenvalue weighted by molar-refractivity contribution is 14.1. The molecule has 0 aromatic heterocycles. The van der Waals surface area contributed by atoms with Gasteiger partial charge in [0.05, 0.1) is 17.5 Å². The SMILES string of the molecule is CC(C)C(O)CNc1ccc(I)cc1N. The lowest BCUT2D eigenvalue weighted by Gasteiger charge is -2.16. The summed E-state index contributed by atoms with van der Waals surface area (Å²) in [5.41, 5.74) is 7.44. The second kappa shape index (κ2) is 5.55. The summed E-state index contributed by atoms with van der Waals surface area (Å²) >= 11 is 2.22. The van der Waals surface area contributed by atoms with Crippen molar-refractivity contribution in [2.75, 3.05) is 17.6 Å². The number of rotatable bonds is 4. The van der Waals surface area contributed by atoms with E-state index in [1.165, 1.54) is 0 Å². The van der Waals surface area contributed by atoms with Crippen LogP contribution in [0.15, 0.2) is 18.2 Å². The summed E-state index contributed by atoms with van der Waals surface area (Å²) in [6, 6.07) is 5.83. The minimum atomic E-state index is -0.344. The molecule has 3 nitrogen and oxygen atoms in total. The molecule has 15 heavy (non-hydrogen) atoms. The van der Waals surface area contributed by atoms with Crippen molar-refractivity contribution in [1.29, 1.82) is 0 Å². The van der Waals surface area contributed by atoms with Crippen molar-refractivity contribution in [2.24, 2.45) is 5.92 Å². The van der Waals surface area contributed by atoms with E-state index in [0.717, 1.165) is 14.9 Å². The van der Waals surface area contributed by atoms with Crippen LogP contribution in [0, 0.1) is 9.49 Å². The number of nitrogen functional groups attached to an aromatic ring is 1. The maximum absolute atomic E-state index is 9.63. The van der Waals surface area contributed by atoms with Crippen LogP contribution in [0.5, 0.6) is 0 Å². The first-order chi connectivity index (χ1) is 7.00. The first kappa shape index (κ1) is 12.6. The average molecular weight is 320 g/mol. The second-order valence-electron chi connectivity index (χ2n) is 3.92. The highest BCUT2D eigenvalue weighted by Gasteiger charge is 2.09. The number of nitrogens with one attached hydrogen (secondary N) is 1. The first-order valence-electron chi connectivity index (χ1n) is 4.97. The van der Waals surface area contributed by atoms with Crippen LogP contribution in [-0.4, -0.2) is 17.8 Å². The molecule has 1 aromatic rings. The Hall–Kier alpha value is -0.490. The molecule has 1 rings (SSSR count). The van der Waals surface area contributed by atoms with E-state index < -0.39 is 0 Å². The number of aliphatic hydroxyl groups excluding tert-OH is 1. The summed E-state index contributed by atoms with van der Waals surface area (Å²) in [4.78, 5) is 0. The normalized spacial score (nSPS) is 12.9. The molecule has 0 saturated carbocycles. The number of benzene rings is 1. The molecule has 0 amide bonds. The smallest absolute Gasteiger partial charge is 0.0735 e. The molecule has 1 atom stereocenters. The average Bonchev–Trinajstić information content (AvgIpc) is 2.15. The molecule has 0 bridgehead atoms. The minimum absolute atomic E-state index is 0.252. The molecule has 0 aliphatic heterocycles. The third kappa shape index (κ3) is 3.87. The number of nitrogens with two attached hydrogens (primary N) is 1. The Morgan fingerprint density at radius 2 is 2.13 bits per heavy atom. The predicted octanol–water partition coefficient (Wildman–Crippen LogP) is 2.30. The zero-order chi connectivity index (χ0) is 11.4. The largest absolute Gasteiger partial charge is 0.397 e. The second-order valence-corrected chi connectivity index (χ2v) is 5.17. The van der Waals surface area contributed by atoms with Crippen LogP contribution in [0.4, 0.5) is 11.4 Å². The van der Waals surface area contributed by atoms with Crippen molar-refractivity contribution in [3.63, 3.8) is 0 Å². The summed E-state index contributed by atoms with van der Waals surface area (Å²) in [6.07, 6.45) is -0.344. The fourth-order valence-corrected chi connectivity index (χ4v) is 1.66. The lowest BCUT2D eigenvalue weighted by Crippen LogP contribution is -2.25. The predicted molar refractivity (Wildman–Crippen MR) is 72.9 cm³/mol. The van der Waals surface area contributed by atoms with Gasteiger partial charge in [-0.05, 0) is 46.7 Å². The highest BCUT2D eigenvalue weighted by atomic mass is 127. The summed E-state index contributed by atoms with van der Waals surface area (Å²) in [6.45, 7) is 4.51. The van der Waals surface area contributed by atoms with E-state index in [1.54, 1.807) is 0 Å². The van der Waals surface area contributed by atoms with E-state index in [1.807, 2.05) is 32.0 Å². The van der Waals surface area contributed by atoms with Crippen molar-refractivity contribution in [3.05, 3.63) is 21.8 Å². The zero-order valence-corrected chi connectivity index (χ0v) is 11.2. The van der Waals surface area contributed by atoms with Crippen LogP contribution in [0.3, 0.4) is 0 Å². The van der Waals surface area contributed by atoms with Crippen molar-refractivity contribution >= 4 is 34.0 Å². The van der Waals surface area contributed by atoms with Crippen molar-refractivity contribution in [1.82, 2.24) is 0 Å². The molecular weight excluding hydrogens is 303 g/mol. The van der Waals surface area contributed by atoms with Crippen molar-refractivity contribution in [2.45, 2.75) is 20.0 Å². The van der Waals surface area contributed by atoms with Gasteiger partial charge in [0, 0.05) is 10.1 Å². The quantitative estimate of drug-likeness (QED) is 0.589. The Labute approximate surface area is 104 Å². The molecule has 0 spiro atoms. The lowest BCUT2D eigenvalue weighted by molar-refractivity contribution is 0.138. The molecule has 1 unspecified atom stereocenters.